The number of ether oxygens (including phenoxy) is 1. The number of rotatable bonds is 5. The van der Waals surface area contributed by atoms with Gasteiger partial charge in [0, 0.05) is 49.2 Å². The molecule has 2 aliphatic rings. The molecule has 0 radical (unpaired) electrons. The SMILES string of the molecule is CC(C)(C)c1ccc(C2(c3ccc(C(C)(C)C)cc3)c3cccnc3-n3c4[c-]c(Oc5[c-]c(-n6[c-][n+]7c8c(cccc86)-c6ccccc6-c6ccccc6-c6ccccc6-7)ccc5)ccc4c4cccc2c43)cc1.[Pd]. The summed E-state index contributed by atoms with van der Waals surface area (Å²) in [7, 11) is 0. The van der Waals surface area contributed by atoms with Crippen molar-refractivity contribution in [2.45, 2.75) is 57.8 Å². The topological polar surface area (TPSA) is 35.9 Å². The largest absolute Gasteiger partial charge is 0.510 e. The third-order valence-corrected chi connectivity index (χ3v) is 15.6. The van der Waals surface area contributed by atoms with Crippen molar-refractivity contribution in [1.82, 2.24) is 14.1 Å². The van der Waals surface area contributed by atoms with Gasteiger partial charge in [0.25, 0.3) is 6.33 Å². The molecule has 2 aliphatic heterocycles. The Labute approximate surface area is 452 Å². The van der Waals surface area contributed by atoms with Crippen LogP contribution in [0.4, 0.5) is 0 Å². The second-order valence-electron chi connectivity index (χ2n) is 22.0. The van der Waals surface area contributed by atoms with Crippen molar-refractivity contribution in [2.24, 2.45) is 0 Å². The monoisotopic (exact) mass is 1060 g/mol. The van der Waals surface area contributed by atoms with E-state index in [-0.39, 0.29) is 31.3 Å². The molecular weight excluding hydrogens is 1010 g/mol. The van der Waals surface area contributed by atoms with Gasteiger partial charge in [0.15, 0.2) is 0 Å². The first-order chi connectivity index (χ1) is 36.0. The third-order valence-electron chi connectivity index (χ3n) is 15.6. The van der Waals surface area contributed by atoms with E-state index < -0.39 is 5.41 Å². The molecule has 0 aliphatic carbocycles. The molecule has 0 atom stereocenters. The molecule has 3 aromatic heterocycles. The summed E-state index contributed by atoms with van der Waals surface area (Å²) in [6.45, 7) is 13.7. The van der Waals surface area contributed by atoms with Crippen LogP contribution >= 0.6 is 0 Å². The Balaban J connectivity index is 0.00000541. The molecule has 75 heavy (non-hydrogen) atoms. The molecule has 0 amide bonds. The maximum atomic E-state index is 6.84. The average molecular weight is 1060 g/mol. The minimum Gasteiger partial charge on any atom is -0.510 e. The van der Waals surface area contributed by atoms with Crippen molar-refractivity contribution < 1.29 is 29.7 Å². The zero-order valence-electron chi connectivity index (χ0n) is 42.6. The van der Waals surface area contributed by atoms with Crippen molar-refractivity contribution in [2.75, 3.05) is 0 Å². The van der Waals surface area contributed by atoms with Gasteiger partial charge in [-0.2, -0.15) is 18.2 Å². The van der Waals surface area contributed by atoms with Crippen molar-refractivity contribution >= 4 is 32.8 Å². The summed E-state index contributed by atoms with van der Waals surface area (Å²) in [6.07, 6.45) is 5.72. The van der Waals surface area contributed by atoms with E-state index in [1.165, 1.54) is 50.1 Å². The van der Waals surface area contributed by atoms with Crippen LogP contribution in [0.25, 0.3) is 83.4 Å². The molecular formula is C69H52N4OPd-2. The Hall–Kier alpha value is -8.14. The van der Waals surface area contributed by atoms with Crippen LogP contribution in [0.15, 0.2) is 206 Å². The van der Waals surface area contributed by atoms with Gasteiger partial charge >= 0.3 is 0 Å². The fourth-order valence-corrected chi connectivity index (χ4v) is 12.1. The van der Waals surface area contributed by atoms with E-state index in [2.05, 4.69) is 256 Å². The van der Waals surface area contributed by atoms with Gasteiger partial charge in [0.1, 0.15) is 5.82 Å². The minimum absolute atomic E-state index is 0. The molecule has 0 unspecified atom stereocenters. The molecule has 5 nitrogen and oxygen atoms in total. The van der Waals surface area contributed by atoms with Crippen LogP contribution in [0.2, 0.25) is 0 Å². The molecule has 0 bridgehead atoms. The second kappa shape index (κ2) is 17.2. The summed E-state index contributed by atoms with van der Waals surface area (Å²) < 4.78 is 13.5. The maximum absolute atomic E-state index is 6.84. The van der Waals surface area contributed by atoms with Gasteiger partial charge in [-0.3, -0.25) is 4.57 Å². The van der Waals surface area contributed by atoms with E-state index in [0.29, 0.717) is 11.5 Å². The predicted molar refractivity (Wildman–Crippen MR) is 299 cm³/mol. The van der Waals surface area contributed by atoms with Crippen molar-refractivity contribution in [3.63, 3.8) is 0 Å². The van der Waals surface area contributed by atoms with Crippen LogP contribution in [-0.4, -0.2) is 14.1 Å². The van der Waals surface area contributed by atoms with E-state index in [1.54, 1.807) is 0 Å². The van der Waals surface area contributed by atoms with Crippen LogP contribution in [0.3, 0.4) is 0 Å². The van der Waals surface area contributed by atoms with Crippen molar-refractivity contribution in [3.8, 4) is 62.1 Å². The normalized spacial score (nSPS) is 13.2. The molecule has 5 heterocycles. The first-order valence-electron chi connectivity index (χ1n) is 25.6. The molecule has 0 saturated heterocycles. The van der Waals surface area contributed by atoms with Gasteiger partial charge < -0.3 is 13.9 Å². The zero-order chi connectivity index (χ0) is 50.1. The van der Waals surface area contributed by atoms with Crippen LogP contribution in [0.5, 0.6) is 11.5 Å². The number of nitrogens with zero attached hydrogens (tertiary/aromatic N) is 4. The predicted octanol–water partition coefficient (Wildman–Crippen LogP) is 16.2. The van der Waals surface area contributed by atoms with E-state index in [9.17, 15) is 0 Å². The fourth-order valence-electron chi connectivity index (χ4n) is 12.1. The smallest absolute Gasteiger partial charge is 0.268 e. The molecule has 9 aromatic carbocycles. The number of aromatic nitrogens is 4. The first kappa shape index (κ1) is 46.6. The molecule has 6 heteroatoms. The summed E-state index contributed by atoms with van der Waals surface area (Å²) in [4.78, 5) is 5.27. The fraction of sp³-hybridized carbons (Fsp3) is 0.130. The summed E-state index contributed by atoms with van der Waals surface area (Å²) in [5, 5.41) is 2.22. The number of imidazole rings is 1. The number of benzene rings is 9. The molecule has 0 spiro atoms. The molecule has 0 fully saturated rings. The first-order valence-corrected chi connectivity index (χ1v) is 25.6. The Kier molecular flexibility index (Phi) is 10.7. The van der Waals surface area contributed by atoms with E-state index in [0.717, 1.165) is 66.7 Å². The quantitative estimate of drug-likeness (QED) is 0.0978. The Bertz CT molecular complexity index is 4180. The molecule has 366 valence electrons. The Morgan fingerprint density at radius 1 is 0.493 bits per heavy atom. The Morgan fingerprint density at radius 2 is 1.05 bits per heavy atom. The van der Waals surface area contributed by atoms with Crippen molar-refractivity contribution in [1.29, 1.82) is 0 Å². The molecule has 14 rings (SSSR count). The van der Waals surface area contributed by atoms with Gasteiger partial charge in [-0.1, -0.05) is 205 Å². The number of pyridine rings is 1. The average Bonchev–Trinajstić information content (AvgIpc) is 4.04. The van der Waals surface area contributed by atoms with Gasteiger partial charge in [-0.05, 0) is 95.2 Å². The molecule has 0 N–H and O–H groups in total. The van der Waals surface area contributed by atoms with E-state index in [1.807, 2.05) is 24.4 Å². The van der Waals surface area contributed by atoms with Crippen LogP contribution in [-0.2, 0) is 36.7 Å². The van der Waals surface area contributed by atoms with Crippen molar-refractivity contribution in [3.05, 3.63) is 258 Å². The standard InChI is InChI=1S/C69H52N4O.Pd/c1-67(2,3)44-30-34-46(35-31-44)69(47-36-32-45(33-37-47)68(4,5)6)59-26-14-24-58-56-39-38-50(42-63(56)73(64(58)59)66-60(69)27-16-40-70-66)74-49-18-13-17-48(41-49)71-43-72-61-28-12-11-23-55(61)53-21-9-7-19-51(53)52-20-8-10-22-54(52)57-25-15-29-62(71)65(57)72;/h7-40H,1-6H3;/q-2;. The van der Waals surface area contributed by atoms with Crippen LogP contribution in [0.1, 0.15) is 74.9 Å². The maximum Gasteiger partial charge on any atom is 0.268 e. The second-order valence-corrected chi connectivity index (χ2v) is 22.0. The van der Waals surface area contributed by atoms with E-state index >= 15 is 0 Å². The number of fused-ring (bicyclic) bond motifs is 12. The summed E-state index contributed by atoms with van der Waals surface area (Å²) in [5.41, 5.74) is 19.6. The molecule has 12 aromatic rings. The van der Waals surface area contributed by atoms with Gasteiger partial charge in [0.2, 0.25) is 0 Å². The number of hydrogen-bond donors (Lipinski definition) is 0. The van der Waals surface area contributed by atoms with Gasteiger partial charge in [-0.15, -0.1) is 29.7 Å². The van der Waals surface area contributed by atoms with Crippen LogP contribution in [0, 0.1) is 18.5 Å². The number of para-hydroxylation sites is 3. The zero-order valence-corrected chi connectivity index (χ0v) is 44.2. The van der Waals surface area contributed by atoms with E-state index in [4.69, 9.17) is 9.72 Å². The Morgan fingerprint density at radius 3 is 1.72 bits per heavy atom. The number of hydrogen-bond acceptors (Lipinski definition) is 2. The third kappa shape index (κ3) is 7.07. The summed E-state index contributed by atoms with van der Waals surface area (Å²) in [6, 6.07) is 80.1. The molecule has 0 saturated carbocycles. The van der Waals surface area contributed by atoms with Gasteiger partial charge in [-0.25, -0.2) is 4.98 Å². The summed E-state index contributed by atoms with van der Waals surface area (Å²) in [5.74, 6) is 2.03. The summed E-state index contributed by atoms with van der Waals surface area (Å²) >= 11 is 0. The minimum atomic E-state index is -0.666. The van der Waals surface area contributed by atoms with Crippen LogP contribution < -0.4 is 9.30 Å². The van der Waals surface area contributed by atoms with Gasteiger partial charge in [0.05, 0.1) is 22.1 Å².